The van der Waals surface area contributed by atoms with E-state index in [2.05, 4.69) is 32.2 Å². The number of amides is 1. The monoisotopic (exact) mass is 560 g/mol. The van der Waals surface area contributed by atoms with Crippen LogP contribution in [0.1, 0.15) is 50.2 Å². The zero-order chi connectivity index (χ0) is 28.7. The number of fused-ring (bicyclic) bond motifs is 2. The van der Waals surface area contributed by atoms with E-state index in [9.17, 15) is 9.59 Å². The Morgan fingerprint density at radius 3 is 2.68 bits per heavy atom. The Hall–Kier alpha value is -5.27. The molecule has 9 nitrogen and oxygen atoms in total. The summed E-state index contributed by atoms with van der Waals surface area (Å²) in [6, 6.07) is 18.1. The highest BCUT2D eigenvalue weighted by Crippen LogP contribution is 2.24. The van der Waals surface area contributed by atoms with E-state index in [1.165, 1.54) is 11.3 Å². The van der Waals surface area contributed by atoms with Gasteiger partial charge in [0.2, 0.25) is 0 Å². The maximum Gasteiger partial charge on any atom is 0.362 e. The topological polar surface area (TPSA) is 123 Å². The summed E-state index contributed by atoms with van der Waals surface area (Å²) in [6.45, 7) is 5.71. The fourth-order valence-electron chi connectivity index (χ4n) is 4.94. The van der Waals surface area contributed by atoms with E-state index >= 15 is 0 Å². The highest BCUT2D eigenvalue weighted by molar-refractivity contribution is 7.12. The van der Waals surface area contributed by atoms with Crippen molar-refractivity contribution >= 4 is 39.5 Å². The molecule has 1 unspecified atom stereocenters. The molecule has 4 N–H and O–H groups in total. The van der Waals surface area contributed by atoms with Gasteiger partial charge in [0, 0.05) is 23.0 Å². The van der Waals surface area contributed by atoms with Crippen LogP contribution in [-0.2, 0) is 0 Å². The molecule has 41 heavy (non-hydrogen) atoms. The number of aromatic nitrogens is 5. The zero-order valence-corrected chi connectivity index (χ0v) is 23.4. The molecule has 0 saturated carbocycles. The van der Waals surface area contributed by atoms with E-state index in [-0.39, 0.29) is 16.9 Å². The second-order valence-electron chi connectivity index (χ2n) is 9.62. The first-order valence-corrected chi connectivity index (χ1v) is 13.8. The average molecular weight is 561 g/mol. The van der Waals surface area contributed by atoms with Gasteiger partial charge in [0.1, 0.15) is 17.3 Å². The molecule has 10 heteroatoms. The lowest BCUT2D eigenvalue weighted by atomic mass is 10.0. The Morgan fingerprint density at radius 1 is 1.12 bits per heavy atom. The molecule has 6 aromatic rings. The standard InChI is InChI=1S/C31H25N7O2S/c1-18(35-30(39)27-28(32)36-37-16-8-15-33-29(27)37)24-17-22-10-7-9-21(13-14-25-19(2)34-20(3)41-25)26(22)31(40)38(24)23-11-5-4-6-12-23/h4-12,15-18H,1-3H3,(H3,32,35,36,39)/p+1. The summed E-state index contributed by atoms with van der Waals surface area (Å²) < 4.78 is 3.22. The van der Waals surface area contributed by atoms with Crippen LogP contribution in [0.15, 0.2) is 77.9 Å². The van der Waals surface area contributed by atoms with E-state index in [0.29, 0.717) is 28.0 Å². The number of aromatic amines is 1. The van der Waals surface area contributed by atoms with E-state index in [1.807, 2.05) is 75.4 Å². The number of nitrogens with two attached hydrogens (primary N) is 1. The van der Waals surface area contributed by atoms with Crippen LogP contribution in [0, 0.1) is 25.7 Å². The second kappa shape index (κ2) is 10.4. The number of thiazole rings is 1. The highest BCUT2D eigenvalue weighted by atomic mass is 32.1. The van der Waals surface area contributed by atoms with E-state index in [0.717, 1.165) is 21.0 Å². The van der Waals surface area contributed by atoms with E-state index in [4.69, 9.17) is 5.73 Å². The van der Waals surface area contributed by atoms with Crippen LogP contribution >= 0.6 is 11.3 Å². The number of benzene rings is 2. The van der Waals surface area contributed by atoms with Crippen molar-refractivity contribution in [1.29, 1.82) is 0 Å². The summed E-state index contributed by atoms with van der Waals surface area (Å²) in [7, 11) is 0. The number of pyridine rings is 1. The molecule has 1 amide bonds. The lowest BCUT2D eigenvalue weighted by Crippen LogP contribution is -2.33. The van der Waals surface area contributed by atoms with Crippen molar-refractivity contribution in [2.45, 2.75) is 26.8 Å². The molecular weight excluding hydrogens is 534 g/mol. The van der Waals surface area contributed by atoms with Crippen LogP contribution in [0.3, 0.4) is 0 Å². The molecular formula is C31H26N7O2S+. The third kappa shape index (κ3) is 4.73. The van der Waals surface area contributed by atoms with Gasteiger partial charge in [-0.2, -0.15) is 0 Å². The summed E-state index contributed by atoms with van der Waals surface area (Å²) in [5, 5.41) is 8.12. The van der Waals surface area contributed by atoms with Gasteiger partial charge < -0.3 is 11.1 Å². The summed E-state index contributed by atoms with van der Waals surface area (Å²) in [5.41, 5.74) is 9.34. The first kappa shape index (κ1) is 26.0. The van der Waals surface area contributed by atoms with Crippen LogP contribution in [-0.4, -0.2) is 25.5 Å². The molecule has 202 valence electrons. The lowest BCUT2D eigenvalue weighted by molar-refractivity contribution is -0.577. The quantitative estimate of drug-likeness (QED) is 0.222. The fourth-order valence-corrected chi connectivity index (χ4v) is 5.71. The Labute approximate surface area is 239 Å². The molecule has 6 rings (SSSR count). The number of para-hydroxylation sites is 1. The van der Waals surface area contributed by atoms with E-state index in [1.54, 1.807) is 27.5 Å². The van der Waals surface area contributed by atoms with Crippen LogP contribution in [0.2, 0.25) is 0 Å². The fraction of sp³-hybridized carbons (Fsp3) is 0.129. The van der Waals surface area contributed by atoms with Crippen molar-refractivity contribution < 1.29 is 9.31 Å². The van der Waals surface area contributed by atoms with Crippen molar-refractivity contribution in [2.24, 2.45) is 0 Å². The van der Waals surface area contributed by atoms with Gasteiger partial charge in [0.05, 0.1) is 22.1 Å². The van der Waals surface area contributed by atoms with Crippen molar-refractivity contribution in [3.8, 4) is 17.5 Å². The van der Waals surface area contributed by atoms with Gasteiger partial charge in [0.15, 0.2) is 11.4 Å². The smallest absolute Gasteiger partial charge is 0.362 e. The van der Waals surface area contributed by atoms with Crippen molar-refractivity contribution in [3.05, 3.63) is 116 Å². The van der Waals surface area contributed by atoms with Crippen LogP contribution in [0.4, 0.5) is 5.82 Å². The largest absolute Gasteiger partial charge is 0.382 e. The Kier molecular flexibility index (Phi) is 6.57. The van der Waals surface area contributed by atoms with E-state index < -0.39 is 11.9 Å². The van der Waals surface area contributed by atoms with Crippen molar-refractivity contribution in [2.75, 3.05) is 5.73 Å². The molecule has 4 heterocycles. The minimum absolute atomic E-state index is 0.196. The van der Waals surface area contributed by atoms with Crippen LogP contribution < -0.4 is 21.1 Å². The number of nitrogens with one attached hydrogen (secondary N) is 2. The molecule has 4 aromatic heterocycles. The van der Waals surface area contributed by atoms with Gasteiger partial charge in [0.25, 0.3) is 11.5 Å². The number of hydrogen-bond donors (Lipinski definition) is 3. The number of rotatable bonds is 4. The van der Waals surface area contributed by atoms with Gasteiger partial charge in [-0.3, -0.25) is 14.2 Å². The van der Waals surface area contributed by atoms with Crippen LogP contribution in [0.25, 0.3) is 22.1 Å². The van der Waals surface area contributed by atoms with Crippen LogP contribution in [0.5, 0.6) is 0 Å². The summed E-state index contributed by atoms with van der Waals surface area (Å²) in [4.78, 5) is 37.3. The lowest BCUT2D eigenvalue weighted by Gasteiger charge is -2.21. The first-order chi connectivity index (χ1) is 19.8. The third-order valence-electron chi connectivity index (χ3n) is 6.80. The molecule has 0 aliphatic heterocycles. The normalized spacial score (nSPS) is 11.8. The number of carbonyl (C=O) groups is 1. The van der Waals surface area contributed by atoms with Crippen molar-refractivity contribution in [1.82, 2.24) is 25.0 Å². The number of nitrogen functional groups attached to an aromatic ring is 1. The summed E-state index contributed by atoms with van der Waals surface area (Å²) >= 11 is 1.53. The maximum absolute atomic E-state index is 14.2. The number of nitrogens with zero attached hydrogens (tertiary/aromatic N) is 4. The molecule has 0 fully saturated rings. The minimum Gasteiger partial charge on any atom is -0.382 e. The molecule has 2 aromatic carbocycles. The highest BCUT2D eigenvalue weighted by Gasteiger charge is 2.27. The Balaban J connectivity index is 1.48. The second-order valence-corrected chi connectivity index (χ2v) is 10.8. The molecule has 0 radical (unpaired) electrons. The molecule has 0 saturated heterocycles. The van der Waals surface area contributed by atoms with Gasteiger partial charge in [-0.25, -0.2) is 10.1 Å². The predicted octanol–water partition coefficient (Wildman–Crippen LogP) is 4.00. The number of aryl methyl sites for hydroxylation is 2. The van der Waals surface area contributed by atoms with Gasteiger partial charge in [-0.1, -0.05) is 36.3 Å². The summed E-state index contributed by atoms with van der Waals surface area (Å²) in [5.74, 6) is 6.21. The molecule has 0 bridgehead atoms. The number of anilines is 1. The molecule has 1 atom stereocenters. The van der Waals surface area contributed by atoms with Gasteiger partial charge >= 0.3 is 5.65 Å². The minimum atomic E-state index is -0.560. The number of H-pyrrole nitrogens is 1. The van der Waals surface area contributed by atoms with Gasteiger partial charge in [-0.15, -0.1) is 15.9 Å². The molecule has 0 spiro atoms. The number of hydrogen-bond acceptors (Lipinski definition) is 6. The zero-order valence-electron chi connectivity index (χ0n) is 22.6. The summed E-state index contributed by atoms with van der Waals surface area (Å²) in [6.07, 6.45) is 3.32. The predicted molar refractivity (Wildman–Crippen MR) is 159 cm³/mol. The molecule has 0 aliphatic rings. The Morgan fingerprint density at radius 2 is 1.93 bits per heavy atom. The first-order valence-electron chi connectivity index (χ1n) is 13.0. The maximum atomic E-state index is 14.2. The SMILES string of the molecule is Cc1nc(C)c(C#Cc2cccc3cc(C(C)NC(=O)c4c(N)[nH][n+]5cccnc45)n(-c4ccccc4)c(=O)c23)s1. The third-order valence-corrected chi connectivity index (χ3v) is 7.79. The number of carbonyl (C=O) groups excluding carboxylic acids is 1. The Bertz CT molecular complexity index is 2080. The van der Waals surface area contributed by atoms with Gasteiger partial charge in [-0.05, 0) is 61.3 Å². The van der Waals surface area contributed by atoms with Crippen molar-refractivity contribution in [3.63, 3.8) is 0 Å². The molecule has 0 aliphatic carbocycles. The average Bonchev–Trinajstić information content (AvgIpc) is 3.48.